The van der Waals surface area contributed by atoms with Gasteiger partial charge in [0, 0.05) is 37.1 Å². The minimum absolute atomic E-state index is 0.0742. The predicted molar refractivity (Wildman–Crippen MR) is 289 cm³/mol. The van der Waals surface area contributed by atoms with Gasteiger partial charge in [-0.25, -0.2) is 4.79 Å². The van der Waals surface area contributed by atoms with Gasteiger partial charge in [-0.15, -0.1) is 0 Å². The van der Waals surface area contributed by atoms with Crippen molar-refractivity contribution in [3.63, 3.8) is 0 Å². The van der Waals surface area contributed by atoms with Crippen molar-refractivity contribution < 1.29 is 47.9 Å². The van der Waals surface area contributed by atoms with Crippen LogP contribution in [-0.4, -0.2) is 161 Å². The number of nitrogens with one attached hydrogen (secondary N) is 9. The summed E-state index contributed by atoms with van der Waals surface area (Å²) in [7, 11) is 0. The van der Waals surface area contributed by atoms with Gasteiger partial charge in [-0.3, -0.25) is 48.1 Å². The fourth-order valence-corrected chi connectivity index (χ4v) is 10.9. The molecule has 3 aliphatic heterocycles. The molecule has 430 valence electrons. The first-order chi connectivity index (χ1) is 35.8. The summed E-state index contributed by atoms with van der Waals surface area (Å²) in [6.07, 6.45) is 5.72. The largest absolute Gasteiger partial charge is 0.370 e. The number of aliphatic imine (C=N–C) groups is 1. The lowest BCUT2D eigenvalue weighted by Crippen LogP contribution is -2.60. The quantitative estimate of drug-likeness (QED) is 0.0155. The molecule has 0 saturated carbocycles. The van der Waals surface area contributed by atoms with Gasteiger partial charge >= 0.3 is 6.03 Å². The molecule has 11 amide bonds. The summed E-state index contributed by atoms with van der Waals surface area (Å²) in [5, 5.41) is 25.1. The molecule has 0 unspecified atom stereocenters. The van der Waals surface area contributed by atoms with E-state index in [9.17, 15) is 47.9 Å². The molecule has 3 heterocycles. The number of nitrogens with two attached hydrogens (primary N) is 4. The van der Waals surface area contributed by atoms with Gasteiger partial charge in [-0.1, -0.05) is 48.0 Å². The van der Waals surface area contributed by atoms with E-state index < -0.39 is 95.6 Å². The van der Waals surface area contributed by atoms with Gasteiger partial charge in [-0.05, 0) is 102 Å². The second kappa shape index (κ2) is 32.0. The van der Waals surface area contributed by atoms with Gasteiger partial charge in [0.25, 0.3) is 0 Å². The van der Waals surface area contributed by atoms with Crippen molar-refractivity contribution in [2.45, 2.75) is 205 Å². The highest BCUT2D eigenvalue weighted by atomic mass is 32.2. The number of unbranched alkanes of at least 4 members (excludes halogenated alkanes) is 2. The molecular formula is C50H89N15O10S. The molecule has 0 aromatic carbocycles. The SMILES string of the molecule is CC(C)C[C@H](NC(=O)[C@H](C)NC(=O)[C@H](C)NC(=O)[C@@H]1CCCN1C(=O)[C@H](CCCN=C(N)N)NC(=O)[C@@H](NC(=O)[C@@H](N)CC(C)C)C(C)C)C(=O)N[C@@H](CCCCNC(=O)CCCC[C@@H]1SC[C@H]2NC(=O)N[C@@H]12)C(N)=O. The topological polar surface area (TPSA) is 399 Å². The Kier molecular flexibility index (Phi) is 27.1. The Morgan fingerprint density at radius 2 is 1.33 bits per heavy atom. The number of nitrogens with zero attached hydrogens (tertiary/aromatic N) is 2. The monoisotopic (exact) mass is 1090 g/mol. The van der Waals surface area contributed by atoms with Crippen LogP contribution in [0.4, 0.5) is 4.79 Å². The third kappa shape index (κ3) is 21.6. The summed E-state index contributed by atoms with van der Waals surface area (Å²) in [4.78, 5) is 137. The van der Waals surface area contributed by atoms with E-state index in [1.165, 1.54) is 18.7 Å². The number of carbonyl (C=O) groups is 10. The van der Waals surface area contributed by atoms with Crippen molar-refractivity contribution in [3.05, 3.63) is 0 Å². The maximum atomic E-state index is 14.2. The minimum atomic E-state index is -1.18. The fourth-order valence-electron chi connectivity index (χ4n) is 9.34. The second-order valence-corrected chi connectivity index (χ2v) is 22.8. The lowest BCUT2D eigenvalue weighted by atomic mass is 9.99. The number of thioether (sulfide) groups is 1. The van der Waals surface area contributed by atoms with Crippen LogP contribution in [0, 0.1) is 17.8 Å². The molecule has 3 saturated heterocycles. The fraction of sp³-hybridized carbons (Fsp3) is 0.780. The molecule has 0 aromatic rings. The molecule has 0 spiro atoms. The van der Waals surface area contributed by atoms with E-state index in [1.807, 2.05) is 39.5 Å². The van der Waals surface area contributed by atoms with Gasteiger partial charge in [-0.2, -0.15) is 11.8 Å². The first-order valence-corrected chi connectivity index (χ1v) is 28.0. The first kappa shape index (κ1) is 64.4. The lowest BCUT2D eigenvalue weighted by Gasteiger charge is -2.31. The number of rotatable bonds is 33. The van der Waals surface area contributed by atoms with Gasteiger partial charge in [0.2, 0.25) is 53.2 Å². The van der Waals surface area contributed by atoms with Crippen molar-refractivity contribution >= 4 is 76.9 Å². The molecule has 3 rings (SSSR count). The minimum Gasteiger partial charge on any atom is -0.370 e. The van der Waals surface area contributed by atoms with Crippen molar-refractivity contribution in [2.75, 3.05) is 25.4 Å². The van der Waals surface area contributed by atoms with E-state index in [0.29, 0.717) is 43.9 Å². The maximum absolute atomic E-state index is 14.2. The summed E-state index contributed by atoms with van der Waals surface area (Å²) in [6.45, 7) is 14.6. The Labute approximate surface area is 451 Å². The third-order valence-corrected chi connectivity index (χ3v) is 15.0. The van der Waals surface area contributed by atoms with E-state index in [1.54, 1.807) is 13.8 Å². The number of hydrogen-bond donors (Lipinski definition) is 13. The first-order valence-electron chi connectivity index (χ1n) is 27.0. The predicted octanol–water partition coefficient (Wildman–Crippen LogP) is -1.45. The van der Waals surface area contributed by atoms with Crippen LogP contribution in [0.15, 0.2) is 4.99 Å². The molecule has 0 radical (unpaired) electrons. The smallest absolute Gasteiger partial charge is 0.315 e. The molecule has 76 heavy (non-hydrogen) atoms. The average Bonchev–Trinajstić information content (AvgIpc) is 4.08. The second-order valence-electron chi connectivity index (χ2n) is 21.5. The number of amides is 11. The van der Waals surface area contributed by atoms with E-state index in [4.69, 9.17) is 22.9 Å². The summed E-state index contributed by atoms with van der Waals surface area (Å²) >= 11 is 1.84. The van der Waals surface area contributed by atoms with Crippen LogP contribution in [0.3, 0.4) is 0 Å². The Bertz CT molecular complexity index is 2040. The van der Waals surface area contributed by atoms with Crippen LogP contribution >= 0.6 is 11.8 Å². The molecule has 25 nitrogen and oxygen atoms in total. The molecule has 0 bridgehead atoms. The molecule has 3 aliphatic rings. The lowest BCUT2D eigenvalue weighted by molar-refractivity contribution is -0.142. The number of guanidine groups is 1. The van der Waals surface area contributed by atoms with Gasteiger partial charge in [0.05, 0.1) is 18.1 Å². The number of likely N-dealkylation sites (tertiary alicyclic amines) is 1. The van der Waals surface area contributed by atoms with Crippen LogP contribution in [0.1, 0.15) is 139 Å². The number of primary amides is 1. The number of carbonyl (C=O) groups excluding carboxylic acids is 10. The van der Waals surface area contributed by atoms with Crippen molar-refractivity contribution in [1.29, 1.82) is 0 Å². The molecular weight excluding hydrogens is 1000 g/mol. The Morgan fingerprint density at radius 3 is 1.97 bits per heavy atom. The maximum Gasteiger partial charge on any atom is 0.315 e. The average molecular weight is 1090 g/mol. The molecule has 3 fully saturated rings. The normalized spacial score (nSPS) is 20.6. The Balaban J connectivity index is 1.51. The van der Waals surface area contributed by atoms with Gasteiger partial charge in [0.15, 0.2) is 5.96 Å². The highest BCUT2D eigenvalue weighted by Gasteiger charge is 2.43. The molecule has 17 N–H and O–H groups in total. The Morgan fingerprint density at radius 1 is 0.697 bits per heavy atom. The summed E-state index contributed by atoms with van der Waals surface area (Å²) in [5.74, 6) is -4.81. The van der Waals surface area contributed by atoms with Crippen LogP contribution in [0.2, 0.25) is 0 Å². The van der Waals surface area contributed by atoms with Gasteiger partial charge in [0.1, 0.15) is 42.3 Å². The van der Waals surface area contributed by atoms with Crippen LogP contribution in [-0.2, 0) is 43.2 Å². The van der Waals surface area contributed by atoms with E-state index in [2.05, 4.69) is 52.8 Å². The van der Waals surface area contributed by atoms with Gasteiger partial charge < -0.3 is 75.7 Å². The third-order valence-electron chi connectivity index (χ3n) is 13.5. The number of urea groups is 1. The molecule has 11 atom stereocenters. The highest BCUT2D eigenvalue weighted by Crippen LogP contribution is 2.33. The van der Waals surface area contributed by atoms with Crippen molar-refractivity contribution in [2.24, 2.45) is 45.7 Å². The van der Waals surface area contributed by atoms with Crippen LogP contribution < -0.4 is 70.8 Å². The molecule has 26 heteroatoms. The summed E-state index contributed by atoms with van der Waals surface area (Å²) in [5.41, 5.74) is 22.7. The zero-order valence-corrected chi connectivity index (χ0v) is 46.6. The Hall–Kier alpha value is -5.92. The molecule has 0 aromatic heterocycles. The zero-order chi connectivity index (χ0) is 56.8. The summed E-state index contributed by atoms with van der Waals surface area (Å²) in [6, 6.07) is -8.34. The van der Waals surface area contributed by atoms with Crippen molar-refractivity contribution in [3.8, 4) is 0 Å². The van der Waals surface area contributed by atoms with Crippen molar-refractivity contribution in [1.82, 2.24) is 52.8 Å². The van der Waals surface area contributed by atoms with E-state index in [0.717, 1.165) is 25.0 Å². The molecule has 0 aliphatic carbocycles. The van der Waals surface area contributed by atoms with E-state index in [-0.39, 0.29) is 92.9 Å². The standard InChI is InChI=1S/C50H89N15O10S/c1-26(2)23-31(51)44(70)63-39(28(5)6)47(73)60-33(16-13-21-56-49(53)54)48(74)65-22-14-17-36(65)46(72)58-29(7)42(68)57-30(8)43(69)61-34(24-27(3)4)45(71)59-32(41(52)67)15-11-12-20-55-38(66)19-10-9-18-37-40-35(25-76-37)62-50(75)64-40/h26-37,39-40H,9-25,51H2,1-8H3,(H2,52,67)(H,55,66)(H,57,68)(H,58,72)(H,59,71)(H,60,73)(H,61,69)(H,63,70)(H4,53,54,56)(H2,62,64,75)/t29-,30-,31-,32-,33-,34-,35+,36-,37-,39-,40+/m0/s1. The number of hydrogen-bond acceptors (Lipinski definition) is 13. The number of fused-ring (bicyclic) bond motifs is 1. The summed E-state index contributed by atoms with van der Waals surface area (Å²) < 4.78 is 0. The highest BCUT2D eigenvalue weighted by molar-refractivity contribution is 8.00. The van der Waals surface area contributed by atoms with Crippen LogP contribution in [0.5, 0.6) is 0 Å². The van der Waals surface area contributed by atoms with E-state index >= 15 is 0 Å². The zero-order valence-electron chi connectivity index (χ0n) is 45.8. The van der Waals surface area contributed by atoms with Crippen LogP contribution in [0.25, 0.3) is 0 Å².